The van der Waals surface area contributed by atoms with Crippen molar-refractivity contribution < 1.29 is 9.52 Å². The van der Waals surface area contributed by atoms with E-state index in [-0.39, 0.29) is 5.75 Å². The lowest BCUT2D eigenvalue weighted by Crippen LogP contribution is -2.18. The normalized spacial score (nSPS) is 16.1. The van der Waals surface area contributed by atoms with Crippen LogP contribution in [0.15, 0.2) is 192 Å². The van der Waals surface area contributed by atoms with E-state index in [1.54, 1.807) is 0 Å². The number of phenolic OH excluding ortho intramolecular Hbond substituents is 1. The van der Waals surface area contributed by atoms with E-state index in [0.717, 1.165) is 87.3 Å². The van der Waals surface area contributed by atoms with Crippen LogP contribution in [0.25, 0.3) is 88.5 Å². The smallest absolute Gasteiger partial charge is 0.135 e. The summed E-state index contributed by atoms with van der Waals surface area (Å²) in [5.41, 5.74) is 18.0. The molecular formula is C60H46N2O2S. The number of nitrogens with zero attached hydrogens (tertiary/aromatic N) is 2. The van der Waals surface area contributed by atoms with E-state index in [0.29, 0.717) is 0 Å². The Labute approximate surface area is 382 Å². The van der Waals surface area contributed by atoms with Gasteiger partial charge in [-0.3, -0.25) is 0 Å². The van der Waals surface area contributed by atoms with Crippen molar-refractivity contribution in [3.05, 3.63) is 215 Å². The molecule has 0 bridgehead atoms. The Morgan fingerprint density at radius 2 is 1.55 bits per heavy atom. The minimum Gasteiger partial charge on any atom is -0.507 e. The predicted molar refractivity (Wildman–Crippen MR) is 276 cm³/mol. The molecule has 3 aromatic heterocycles. The quantitative estimate of drug-likeness (QED) is 0.181. The van der Waals surface area contributed by atoms with Gasteiger partial charge in [0.2, 0.25) is 0 Å². The van der Waals surface area contributed by atoms with E-state index in [4.69, 9.17) is 4.42 Å². The summed E-state index contributed by atoms with van der Waals surface area (Å²) in [6.45, 7) is 8.52. The van der Waals surface area contributed by atoms with Gasteiger partial charge in [-0.2, -0.15) is 0 Å². The Bertz CT molecular complexity index is 3670. The number of hydrogen-bond donors (Lipinski definition) is 1. The number of aromatic hydroxyl groups is 1. The van der Waals surface area contributed by atoms with Crippen molar-refractivity contribution in [2.45, 2.75) is 39.5 Å². The maximum atomic E-state index is 11.4. The zero-order valence-corrected chi connectivity index (χ0v) is 37.3. The monoisotopic (exact) mass is 858 g/mol. The molecule has 0 radical (unpaired) electrons. The lowest BCUT2D eigenvalue weighted by atomic mass is 9.90. The van der Waals surface area contributed by atoms with Crippen LogP contribution in [0.5, 0.6) is 5.75 Å². The highest BCUT2D eigenvalue weighted by atomic mass is 32.1. The SMILES string of the molecule is C=C1/C=C\C=C/N(c2cccc(-c3cc(C4=Cc5c(sc6c5ccc5c6c6ccccc6n5-c5cccc(-c6ccc7oc(/C=C\C)c(C)c7c6)c5)CC4)ccc3O)c2)C2=C1CCC=C2. The second kappa shape index (κ2) is 15.6. The van der Waals surface area contributed by atoms with Crippen molar-refractivity contribution in [1.29, 1.82) is 0 Å². The number of anilines is 1. The Kier molecular flexibility index (Phi) is 9.36. The van der Waals surface area contributed by atoms with E-state index < -0.39 is 0 Å². The largest absolute Gasteiger partial charge is 0.507 e. The molecule has 3 aliphatic rings. The molecule has 1 aliphatic heterocycles. The third kappa shape index (κ3) is 6.49. The van der Waals surface area contributed by atoms with Crippen LogP contribution in [0.3, 0.4) is 0 Å². The summed E-state index contributed by atoms with van der Waals surface area (Å²) in [5.74, 6) is 1.19. The summed E-state index contributed by atoms with van der Waals surface area (Å²) in [6.07, 6.45) is 23.1. The first-order valence-corrected chi connectivity index (χ1v) is 23.3. The van der Waals surface area contributed by atoms with Crippen LogP contribution in [0.4, 0.5) is 5.69 Å². The van der Waals surface area contributed by atoms with Crippen LogP contribution >= 0.6 is 11.3 Å². The molecule has 0 atom stereocenters. The Morgan fingerprint density at radius 3 is 2.46 bits per heavy atom. The number of fused-ring (bicyclic) bond motifs is 8. The number of aryl methyl sites for hydroxylation is 2. The average Bonchev–Trinajstić information content (AvgIpc) is 3.99. The molecule has 0 amide bonds. The number of furan rings is 1. The molecule has 12 rings (SSSR count). The van der Waals surface area contributed by atoms with Gasteiger partial charge in [-0.1, -0.05) is 91.5 Å². The number of para-hydroxylation sites is 1. The van der Waals surface area contributed by atoms with E-state index >= 15 is 0 Å². The highest BCUT2D eigenvalue weighted by Gasteiger charge is 2.24. The van der Waals surface area contributed by atoms with Gasteiger partial charge in [-0.25, -0.2) is 0 Å². The predicted octanol–water partition coefficient (Wildman–Crippen LogP) is 16.7. The molecule has 65 heavy (non-hydrogen) atoms. The molecule has 1 N–H and O–H groups in total. The van der Waals surface area contributed by atoms with Gasteiger partial charge < -0.3 is 19.0 Å². The van der Waals surface area contributed by atoms with Gasteiger partial charge in [0.1, 0.15) is 17.1 Å². The zero-order chi connectivity index (χ0) is 43.8. The van der Waals surface area contributed by atoms with Crippen LogP contribution in [0.2, 0.25) is 0 Å². The summed E-state index contributed by atoms with van der Waals surface area (Å²) in [6, 6.07) is 43.6. The molecule has 0 spiro atoms. The number of aromatic nitrogens is 1. The Morgan fingerprint density at radius 1 is 0.723 bits per heavy atom. The fraction of sp³-hybridized carbons (Fsp3) is 0.100. The van der Waals surface area contributed by atoms with Crippen LogP contribution in [0.1, 0.15) is 53.5 Å². The molecule has 314 valence electrons. The number of phenols is 1. The first-order valence-electron chi connectivity index (χ1n) is 22.5. The average molecular weight is 859 g/mol. The van der Waals surface area contributed by atoms with Crippen molar-refractivity contribution in [1.82, 2.24) is 4.57 Å². The summed E-state index contributed by atoms with van der Waals surface area (Å²) in [7, 11) is 0. The van der Waals surface area contributed by atoms with Crippen molar-refractivity contribution in [2.24, 2.45) is 0 Å². The van der Waals surface area contributed by atoms with Gasteiger partial charge in [0, 0.05) is 65.5 Å². The van der Waals surface area contributed by atoms with Gasteiger partial charge in [0.25, 0.3) is 0 Å². The third-order valence-corrected chi connectivity index (χ3v) is 14.8. The van der Waals surface area contributed by atoms with Crippen LogP contribution < -0.4 is 4.90 Å². The topological polar surface area (TPSA) is 41.5 Å². The maximum absolute atomic E-state index is 11.4. The first-order chi connectivity index (χ1) is 31.9. The second-order valence-electron chi connectivity index (χ2n) is 17.3. The molecule has 5 heteroatoms. The Balaban J connectivity index is 0.920. The van der Waals surface area contributed by atoms with E-state index in [1.807, 2.05) is 36.5 Å². The van der Waals surface area contributed by atoms with E-state index in [2.05, 4.69) is 181 Å². The number of benzene rings is 6. The minimum absolute atomic E-state index is 0.276. The molecule has 2 aliphatic carbocycles. The van der Waals surface area contributed by atoms with Gasteiger partial charge >= 0.3 is 0 Å². The van der Waals surface area contributed by atoms with E-state index in [1.165, 1.54) is 64.6 Å². The third-order valence-electron chi connectivity index (χ3n) is 13.5. The lowest BCUT2D eigenvalue weighted by molar-refractivity contribution is 0.477. The van der Waals surface area contributed by atoms with Gasteiger partial charge in [-0.15, -0.1) is 11.3 Å². The standard InChI is InChI=1S/C60H46N2O2S/c1-4-13-56-38(3)49-34-41(24-29-57(49)64-56)39-15-11-18-45(32-39)62-53-22-8-6-20-48(53)59-54(62)27-26-47-51-36-42(25-30-58(51)65-60(47)59)40-23-28-55(63)50(35-40)43-16-12-17-44(33-43)61-31-10-9-14-37(2)46-19-5-7-21-52(46)61/h4,6-18,20-24,26-29,31-36,63H,2,5,19,25,30H2,1,3H3/b13-4-,14-9-,31-10-. The summed E-state index contributed by atoms with van der Waals surface area (Å²) >= 11 is 1.95. The van der Waals surface area contributed by atoms with Gasteiger partial charge in [-0.05, 0) is 169 Å². The first kappa shape index (κ1) is 39.0. The summed E-state index contributed by atoms with van der Waals surface area (Å²) in [4.78, 5) is 3.67. The fourth-order valence-electron chi connectivity index (χ4n) is 10.3. The molecule has 0 unspecified atom stereocenters. The van der Waals surface area contributed by atoms with Gasteiger partial charge in [0.05, 0.1) is 11.0 Å². The summed E-state index contributed by atoms with van der Waals surface area (Å²) in [5, 5.41) is 16.4. The molecule has 6 aromatic carbocycles. The number of allylic oxidation sites excluding steroid dienone is 9. The highest BCUT2D eigenvalue weighted by Crippen LogP contribution is 2.47. The number of thiophene rings is 1. The van der Waals surface area contributed by atoms with Crippen LogP contribution in [-0.4, -0.2) is 9.67 Å². The van der Waals surface area contributed by atoms with Crippen molar-refractivity contribution >= 4 is 77.6 Å². The summed E-state index contributed by atoms with van der Waals surface area (Å²) < 4.78 is 9.93. The number of hydrogen-bond acceptors (Lipinski definition) is 4. The molecule has 4 nitrogen and oxygen atoms in total. The number of rotatable bonds is 6. The zero-order valence-electron chi connectivity index (χ0n) is 36.4. The van der Waals surface area contributed by atoms with Crippen LogP contribution in [-0.2, 0) is 6.42 Å². The lowest BCUT2D eigenvalue weighted by Gasteiger charge is -2.28. The fourth-order valence-corrected chi connectivity index (χ4v) is 11.6. The van der Waals surface area contributed by atoms with Gasteiger partial charge in [0.15, 0.2) is 0 Å². The van der Waals surface area contributed by atoms with Crippen molar-refractivity contribution in [2.75, 3.05) is 4.90 Å². The molecule has 9 aromatic rings. The highest BCUT2D eigenvalue weighted by molar-refractivity contribution is 7.20. The van der Waals surface area contributed by atoms with Crippen molar-refractivity contribution in [3.8, 4) is 33.7 Å². The maximum Gasteiger partial charge on any atom is 0.135 e. The molecule has 4 heterocycles. The molecule has 0 saturated carbocycles. The molecule has 0 fully saturated rings. The van der Waals surface area contributed by atoms with Crippen LogP contribution in [0, 0.1) is 6.92 Å². The Hall–Kier alpha value is -7.60. The second-order valence-corrected chi connectivity index (χ2v) is 18.4. The minimum atomic E-state index is 0.276. The van der Waals surface area contributed by atoms with Crippen molar-refractivity contribution in [3.63, 3.8) is 0 Å². The molecule has 0 saturated heterocycles. The van der Waals surface area contributed by atoms with E-state index in [9.17, 15) is 5.11 Å². The molecular weight excluding hydrogens is 813 g/mol.